The van der Waals surface area contributed by atoms with Gasteiger partial charge in [-0.3, -0.25) is 0 Å². The molecule has 17 heavy (non-hydrogen) atoms. The maximum atomic E-state index is 5.62. The van der Waals surface area contributed by atoms with Crippen molar-refractivity contribution in [3.63, 3.8) is 0 Å². The fourth-order valence-corrected chi connectivity index (χ4v) is 2.71. The minimum Gasteiger partial charge on any atom is -0.493 e. The van der Waals surface area contributed by atoms with Crippen LogP contribution in [0.1, 0.15) is 5.56 Å². The van der Waals surface area contributed by atoms with Crippen molar-refractivity contribution in [3.8, 4) is 5.75 Å². The molecule has 3 aromatic carbocycles. The highest BCUT2D eigenvalue weighted by atomic mass is 16.5. The van der Waals surface area contributed by atoms with Crippen LogP contribution in [0.2, 0.25) is 0 Å². The smallest absolute Gasteiger partial charge is 0.123 e. The number of fused-ring (bicyclic) bond motifs is 4. The van der Waals surface area contributed by atoms with Gasteiger partial charge in [-0.05, 0) is 39.7 Å². The SMILES string of the molecule is c1ccc2cc3c4c(ccc3cc2c1)OCC4. The first-order valence-electron chi connectivity index (χ1n) is 5.99. The van der Waals surface area contributed by atoms with Crippen LogP contribution in [0.4, 0.5) is 0 Å². The highest BCUT2D eigenvalue weighted by Crippen LogP contribution is 2.34. The standard InChI is InChI=1S/C16H12O/c1-2-4-12-10-15-13(9-11(12)3-1)5-6-16-14(15)7-8-17-16/h1-6,9-10H,7-8H2. The van der Waals surface area contributed by atoms with Crippen LogP contribution in [0.15, 0.2) is 48.5 Å². The zero-order chi connectivity index (χ0) is 11.2. The molecule has 0 unspecified atom stereocenters. The Hall–Kier alpha value is -2.02. The molecule has 0 amide bonds. The third-order valence-corrected chi connectivity index (χ3v) is 3.56. The number of ether oxygens (including phenoxy) is 1. The maximum absolute atomic E-state index is 5.62. The van der Waals surface area contributed by atoms with E-state index in [1.165, 1.54) is 27.1 Å². The maximum Gasteiger partial charge on any atom is 0.123 e. The van der Waals surface area contributed by atoms with Crippen molar-refractivity contribution >= 4 is 21.5 Å². The molecule has 1 nitrogen and oxygen atoms in total. The molecule has 0 aromatic heterocycles. The van der Waals surface area contributed by atoms with Gasteiger partial charge in [-0.25, -0.2) is 0 Å². The largest absolute Gasteiger partial charge is 0.493 e. The van der Waals surface area contributed by atoms with Crippen LogP contribution < -0.4 is 4.74 Å². The first-order chi connectivity index (χ1) is 8.42. The molecule has 0 aliphatic carbocycles. The van der Waals surface area contributed by atoms with Crippen LogP contribution in [0.3, 0.4) is 0 Å². The summed E-state index contributed by atoms with van der Waals surface area (Å²) in [5, 5.41) is 5.27. The van der Waals surface area contributed by atoms with Crippen molar-refractivity contribution in [2.24, 2.45) is 0 Å². The second-order valence-corrected chi connectivity index (χ2v) is 4.56. The molecular formula is C16H12O. The lowest BCUT2D eigenvalue weighted by Gasteiger charge is -2.06. The molecule has 0 atom stereocenters. The van der Waals surface area contributed by atoms with Gasteiger partial charge in [-0.2, -0.15) is 0 Å². The van der Waals surface area contributed by atoms with E-state index >= 15 is 0 Å². The minimum absolute atomic E-state index is 0.821. The Morgan fingerprint density at radius 3 is 2.53 bits per heavy atom. The average molecular weight is 220 g/mol. The topological polar surface area (TPSA) is 9.23 Å². The molecule has 1 heterocycles. The quantitative estimate of drug-likeness (QED) is 0.522. The number of benzene rings is 3. The second kappa shape index (κ2) is 3.24. The molecule has 3 aromatic rings. The molecule has 4 rings (SSSR count). The number of hydrogen-bond donors (Lipinski definition) is 0. The molecule has 0 spiro atoms. The van der Waals surface area contributed by atoms with E-state index in [1.54, 1.807) is 0 Å². The van der Waals surface area contributed by atoms with Crippen LogP contribution in [-0.4, -0.2) is 6.61 Å². The normalized spacial score (nSPS) is 13.9. The number of hydrogen-bond acceptors (Lipinski definition) is 1. The van der Waals surface area contributed by atoms with Gasteiger partial charge >= 0.3 is 0 Å². The Balaban J connectivity index is 2.17. The van der Waals surface area contributed by atoms with Gasteiger partial charge < -0.3 is 4.74 Å². The Kier molecular flexibility index (Phi) is 1.72. The first-order valence-corrected chi connectivity index (χ1v) is 5.99. The summed E-state index contributed by atoms with van der Waals surface area (Å²) in [7, 11) is 0. The van der Waals surface area contributed by atoms with E-state index in [-0.39, 0.29) is 0 Å². The molecule has 0 saturated heterocycles. The van der Waals surface area contributed by atoms with Crippen molar-refractivity contribution < 1.29 is 4.74 Å². The summed E-state index contributed by atoms with van der Waals surface area (Å²) in [6.07, 6.45) is 1.03. The van der Waals surface area contributed by atoms with Gasteiger partial charge in [0.25, 0.3) is 0 Å². The lowest BCUT2D eigenvalue weighted by atomic mass is 9.98. The highest BCUT2D eigenvalue weighted by molar-refractivity contribution is 6.00. The molecule has 0 radical (unpaired) electrons. The summed E-state index contributed by atoms with van der Waals surface area (Å²) < 4.78 is 5.62. The van der Waals surface area contributed by atoms with Crippen LogP contribution in [-0.2, 0) is 6.42 Å². The zero-order valence-corrected chi connectivity index (χ0v) is 9.44. The van der Waals surface area contributed by atoms with E-state index in [2.05, 4.69) is 48.5 Å². The summed E-state index contributed by atoms with van der Waals surface area (Å²) in [5.41, 5.74) is 1.37. The van der Waals surface area contributed by atoms with Gasteiger partial charge in [0.1, 0.15) is 5.75 Å². The molecular weight excluding hydrogens is 208 g/mol. The fourth-order valence-electron chi connectivity index (χ4n) is 2.71. The van der Waals surface area contributed by atoms with Crippen LogP contribution >= 0.6 is 0 Å². The first kappa shape index (κ1) is 9.06. The Morgan fingerprint density at radius 1 is 0.824 bits per heavy atom. The van der Waals surface area contributed by atoms with Crippen molar-refractivity contribution in [2.45, 2.75) is 6.42 Å². The van der Waals surface area contributed by atoms with Crippen LogP contribution in [0.25, 0.3) is 21.5 Å². The second-order valence-electron chi connectivity index (χ2n) is 4.56. The average Bonchev–Trinajstić information content (AvgIpc) is 2.85. The van der Waals surface area contributed by atoms with Crippen molar-refractivity contribution in [3.05, 3.63) is 54.1 Å². The monoisotopic (exact) mass is 220 g/mol. The zero-order valence-electron chi connectivity index (χ0n) is 9.44. The van der Waals surface area contributed by atoms with E-state index in [1.807, 2.05) is 0 Å². The molecule has 0 bridgehead atoms. The minimum atomic E-state index is 0.821. The molecule has 1 heteroatoms. The van der Waals surface area contributed by atoms with E-state index in [0.717, 1.165) is 18.8 Å². The third kappa shape index (κ3) is 1.26. The Bertz CT molecular complexity index is 728. The van der Waals surface area contributed by atoms with Gasteiger partial charge in [0.05, 0.1) is 6.61 Å². The number of rotatable bonds is 0. The summed E-state index contributed by atoms with van der Waals surface area (Å²) in [5.74, 6) is 1.06. The molecule has 82 valence electrons. The molecule has 0 saturated carbocycles. The molecule has 0 fully saturated rings. The van der Waals surface area contributed by atoms with Crippen molar-refractivity contribution in [2.75, 3.05) is 6.61 Å². The fraction of sp³-hybridized carbons (Fsp3) is 0.125. The van der Waals surface area contributed by atoms with Gasteiger partial charge in [0.2, 0.25) is 0 Å². The predicted molar refractivity (Wildman–Crippen MR) is 70.7 cm³/mol. The summed E-state index contributed by atoms with van der Waals surface area (Å²) in [4.78, 5) is 0. The highest BCUT2D eigenvalue weighted by Gasteiger charge is 2.15. The summed E-state index contributed by atoms with van der Waals surface area (Å²) >= 11 is 0. The van der Waals surface area contributed by atoms with E-state index in [4.69, 9.17) is 4.74 Å². The van der Waals surface area contributed by atoms with E-state index in [9.17, 15) is 0 Å². The van der Waals surface area contributed by atoms with Crippen molar-refractivity contribution in [1.82, 2.24) is 0 Å². The molecule has 0 N–H and O–H groups in total. The van der Waals surface area contributed by atoms with Gasteiger partial charge in [-0.15, -0.1) is 0 Å². The van der Waals surface area contributed by atoms with Gasteiger partial charge in [0, 0.05) is 12.0 Å². The lowest BCUT2D eigenvalue weighted by molar-refractivity contribution is 0.357. The van der Waals surface area contributed by atoms with Gasteiger partial charge in [-0.1, -0.05) is 30.3 Å². The van der Waals surface area contributed by atoms with E-state index < -0.39 is 0 Å². The predicted octanol–water partition coefficient (Wildman–Crippen LogP) is 3.93. The summed E-state index contributed by atoms with van der Waals surface area (Å²) in [6, 6.07) is 17.3. The Morgan fingerprint density at radius 2 is 1.65 bits per heavy atom. The molecule has 1 aliphatic rings. The van der Waals surface area contributed by atoms with Crippen LogP contribution in [0.5, 0.6) is 5.75 Å². The van der Waals surface area contributed by atoms with E-state index in [0.29, 0.717) is 0 Å². The third-order valence-electron chi connectivity index (χ3n) is 3.56. The lowest BCUT2D eigenvalue weighted by Crippen LogP contribution is -1.85. The van der Waals surface area contributed by atoms with Crippen LogP contribution in [0, 0.1) is 0 Å². The summed E-state index contributed by atoms with van der Waals surface area (Å²) in [6.45, 7) is 0.821. The van der Waals surface area contributed by atoms with Crippen molar-refractivity contribution in [1.29, 1.82) is 0 Å². The Labute approximate surface area is 99.6 Å². The molecule has 1 aliphatic heterocycles. The van der Waals surface area contributed by atoms with Gasteiger partial charge in [0.15, 0.2) is 0 Å².